The minimum Gasteiger partial charge on any atom is -0.496 e. The number of carboxylic acid groups (broad SMARTS) is 1. The van der Waals surface area contributed by atoms with Gasteiger partial charge in [-0.3, -0.25) is 4.98 Å². The van der Waals surface area contributed by atoms with Crippen molar-refractivity contribution >= 4 is 5.97 Å². The van der Waals surface area contributed by atoms with E-state index in [4.69, 9.17) is 9.84 Å². The van der Waals surface area contributed by atoms with E-state index in [1.54, 1.807) is 24.5 Å². The summed E-state index contributed by atoms with van der Waals surface area (Å²) >= 11 is 0. The Bertz CT molecular complexity index is 538. The average molecular weight is 229 g/mol. The number of aromatic nitrogens is 1. The van der Waals surface area contributed by atoms with Gasteiger partial charge in [-0.15, -0.1) is 0 Å². The fourth-order valence-corrected chi connectivity index (χ4v) is 1.58. The van der Waals surface area contributed by atoms with Crippen LogP contribution in [0.5, 0.6) is 5.75 Å². The van der Waals surface area contributed by atoms with E-state index in [1.807, 2.05) is 12.1 Å². The highest BCUT2D eigenvalue weighted by Gasteiger charge is 2.10. The van der Waals surface area contributed by atoms with Gasteiger partial charge in [0.05, 0.1) is 12.7 Å². The molecule has 0 saturated heterocycles. The Hall–Kier alpha value is -2.36. The van der Waals surface area contributed by atoms with Crippen LogP contribution in [0.1, 0.15) is 10.4 Å². The van der Waals surface area contributed by atoms with Crippen molar-refractivity contribution in [3.05, 3.63) is 48.3 Å². The summed E-state index contributed by atoms with van der Waals surface area (Å²) in [5.74, 6) is -0.445. The smallest absolute Gasteiger partial charge is 0.335 e. The maximum absolute atomic E-state index is 10.8. The first-order valence-electron chi connectivity index (χ1n) is 5.04. The highest BCUT2D eigenvalue weighted by Crippen LogP contribution is 2.30. The highest BCUT2D eigenvalue weighted by molar-refractivity contribution is 5.89. The molecule has 1 aromatic heterocycles. The van der Waals surface area contributed by atoms with Crippen LogP contribution in [0.25, 0.3) is 11.1 Å². The maximum Gasteiger partial charge on any atom is 0.335 e. The van der Waals surface area contributed by atoms with Crippen LogP contribution in [-0.4, -0.2) is 23.2 Å². The van der Waals surface area contributed by atoms with E-state index < -0.39 is 5.97 Å². The monoisotopic (exact) mass is 229 g/mol. The van der Waals surface area contributed by atoms with Gasteiger partial charge in [0.25, 0.3) is 0 Å². The molecule has 2 aromatic rings. The highest BCUT2D eigenvalue weighted by atomic mass is 16.5. The minimum atomic E-state index is -0.971. The number of nitrogens with zero attached hydrogens (tertiary/aromatic N) is 1. The van der Waals surface area contributed by atoms with Crippen LogP contribution in [0, 0.1) is 0 Å². The number of hydrogen-bond acceptors (Lipinski definition) is 3. The van der Waals surface area contributed by atoms with E-state index in [1.165, 1.54) is 13.2 Å². The van der Waals surface area contributed by atoms with Gasteiger partial charge in [-0.05, 0) is 24.3 Å². The van der Waals surface area contributed by atoms with E-state index in [0.29, 0.717) is 5.75 Å². The van der Waals surface area contributed by atoms with Gasteiger partial charge >= 0.3 is 5.97 Å². The molecular formula is C13H11NO3. The molecule has 1 heterocycles. The molecule has 0 fully saturated rings. The molecule has 0 unspecified atom stereocenters. The quantitative estimate of drug-likeness (QED) is 0.878. The lowest BCUT2D eigenvalue weighted by Crippen LogP contribution is -1.98. The van der Waals surface area contributed by atoms with Gasteiger partial charge in [0.2, 0.25) is 0 Å². The second-order valence-electron chi connectivity index (χ2n) is 3.46. The third-order valence-corrected chi connectivity index (χ3v) is 2.42. The standard InChI is InChI=1S/C13H11NO3/c1-17-12-7-9(13(15)16)4-5-11(12)10-3-2-6-14-8-10/h2-8H,1H3,(H,15,16). The van der Waals surface area contributed by atoms with E-state index in [-0.39, 0.29) is 5.56 Å². The van der Waals surface area contributed by atoms with E-state index in [2.05, 4.69) is 4.98 Å². The summed E-state index contributed by atoms with van der Waals surface area (Å²) < 4.78 is 5.20. The second kappa shape index (κ2) is 4.65. The molecule has 17 heavy (non-hydrogen) atoms. The second-order valence-corrected chi connectivity index (χ2v) is 3.46. The summed E-state index contributed by atoms with van der Waals surface area (Å²) in [5.41, 5.74) is 1.92. The van der Waals surface area contributed by atoms with E-state index in [0.717, 1.165) is 11.1 Å². The summed E-state index contributed by atoms with van der Waals surface area (Å²) in [5, 5.41) is 8.90. The van der Waals surface area contributed by atoms with Crippen LogP contribution in [0.3, 0.4) is 0 Å². The molecular weight excluding hydrogens is 218 g/mol. The minimum absolute atomic E-state index is 0.203. The van der Waals surface area contributed by atoms with Crippen molar-refractivity contribution in [3.63, 3.8) is 0 Å². The van der Waals surface area contributed by atoms with Gasteiger partial charge in [0, 0.05) is 23.5 Å². The molecule has 0 aliphatic carbocycles. The third kappa shape index (κ3) is 2.25. The lowest BCUT2D eigenvalue weighted by molar-refractivity contribution is 0.0696. The zero-order chi connectivity index (χ0) is 12.3. The van der Waals surface area contributed by atoms with Crippen molar-refractivity contribution in [2.75, 3.05) is 7.11 Å². The van der Waals surface area contributed by atoms with Gasteiger partial charge in [-0.1, -0.05) is 6.07 Å². The fraction of sp³-hybridized carbons (Fsp3) is 0.0769. The Morgan fingerprint density at radius 2 is 2.18 bits per heavy atom. The number of methoxy groups -OCH3 is 1. The van der Waals surface area contributed by atoms with Gasteiger partial charge < -0.3 is 9.84 Å². The molecule has 4 nitrogen and oxygen atoms in total. The molecule has 86 valence electrons. The van der Waals surface area contributed by atoms with Crippen molar-refractivity contribution in [2.24, 2.45) is 0 Å². The van der Waals surface area contributed by atoms with Crippen LogP contribution in [-0.2, 0) is 0 Å². The third-order valence-electron chi connectivity index (χ3n) is 2.42. The number of benzene rings is 1. The number of pyridine rings is 1. The average Bonchev–Trinajstić information content (AvgIpc) is 2.39. The Balaban J connectivity index is 2.52. The van der Waals surface area contributed by atoms with Crippen molar-refractivity contribution < 1.29 is 14.6 Å². The van der Waals surface area contributed by atoms with E-state index in [9.17, 15) is 4.79 Å². The first kappa shape index (κ1) is 11.1. The molecule has 0 spiro atoms. The van der Waals surface area contributed by atoms with Crippen molar-refractivity contribution in [2.45, 2.75) is 0 Å². The molecule has 0 amide bonds. The first-order chi connectivity index (χ1) is 8.22. The molecule has 0 bridgehead atoms. The molecule has 4 heteroatoms. The van der Waals surface area contributed by atoms with Crippen LogP contribution < -0.4 is 4.74 Å². The molecule has 0 atom stereocenters. The summed E-state index contributed by atoms with van der Waals surface area (Å²) in [4.78, 5) is 14.9. The number of carboxylic acids is 1. The van der Waals surface area contributed by atoms with Gasteiger partial charge in [0.1, 0.15) is 5.75 Å². The van der Waals surface area contributed by atoms with Crippen molar-refractivity contribution in [3.8, 4) is 16.9 Å². The topological polar surface area (TPSA) is 59.4 Å². The van der Waals surface area contributed by atoms with Gasteiger partial charge in [-0.25, -0.2) is 4.79 Å². The van der Waals surface area contributed by atoms with Crippen LogP contribution in [0.2, 0.25) is 0 Å². The summed E-state index contributed by atoms with van der Waals surface area (Å²) in [6.07, 6.45) is 3.39. The lowest BCUT2D eigenvalue weighted by atomic mass is 10.0. The largest absolute Gasteiger partial charge is 0.496 e. The Morgan fingerprint density at radius 1 is 1.35 bits per heavy atom. The van der Waals surface area contributed by atoms with E-state index >= 15 is 0 Å². The number of ether oxygens (including phenoxy) is 1. The van der Waals surface area contributed by atoms with Crippen LogP contribution >= 0.6 is 0 Å². The first-order valence-corrected chi connectivity index (χ1v) is 5.04. The number of hydrogen-bond donors (Lipinski definition) is 1. The molecule has 0 radical (unpaired) electrons. The molecule has 1 aromatic carbocycles. The van der Waals surface area contributed by atoms with Gasteiger partial charge in [-0.2, -0.15) is 0 Å². The zero-order valence-corrected chi connectivity index (χ0v) is 9.25. The predicted molar refractivity (Wildman–Crippen MR) is 63.2 cm³/mol. The normalized spacial score (nSPS) is 9.94. The Kier molecular flexibility index (Phi) is 3.05. The Labute approximate surface area is 98.5 Å². The zero-order valence-electron chi connectivity index (χ0n) is 9.25. The molecule has 1 N–H and O–H groups in total. The number of aromatic carboxylic acids is 1. The maximum atomic E-state index is 10.8. The summed E-state index contributed by atoms with van der Waals surface area (Å²) in [7, 11) is 1.51. The molecule has 0 aliphatic heterocycles. The Morgan fingerprint density at radius 3 is 2.76 bits per heavy atom. The van der Waals surface area contributed by atoms with Gasteiger partial charge in [0.15, 0.2) is 0 Å². The number of rotatable bonds is 3. The predicted octanol–water partition coefficient (Wildman–Crippen LogP) is 2.46. The fourth-order valence-electron chi connectivity index (χ4n) is 1.58. The SMILES string of the molecule is COc1cc(C(=O)O)ccc1-c1cccnc1. The molecule has 0 saturated carbocycles. The van der Waals surface area contributed by atoms with Crippen molar-refractivity contribution in [1.82, 2.24) is 4.98 Å². The molecule has 0 aliphatic rings. The molecule has 2 rings (SSSR count). The summed E-state index contributed by atoms with van der Waals surface area (Å²) in [6.45, 7) is 0. The van der Waals surface area contributed by atoms with Crippen molar-refractivity contribution in [1.29, 1.82) is 0 Å². The summed E-state index contributed by atoms with van der Waals surface area (Å²) in [6, 6.07) is 8.49. The lowest BCUT2D eigenvalue weighted by Gasteiger charge is -2.09. The van der Waals surface area contributed by atoms with Crippen LogP contribution in [0.4, 0.5) is 0 Å². The number of carbonyl (C=O) groups is 1. The van der Waals surface area contributed by atoms with Crippen LogP contribution in [0.15, 0.2) is 42.7 Å².